The lowest BCUT2D eigenvalue weighted by Crippen LogP contribution is -2.45. The van der Waals surface area contributed by atoms with Crippen LogP contribution in [0.5, 0.6) is 0 Å². The van der Waals surface area contributed by atoms with Crippen molar-refractivity contribution in [3.8, 4) is 11.3 Å². The number of morpholine rings is 1. The van der Waals surface area contributed by atoms with Crippen molar-refractivity contribution in [3.63, 3.8) is 0 Å². The number of fused-ring (bicyclic) bond motifs is 1. The SMILES string of the molecule is CCNC(=O)Nc1cccc(-c2cnc3cc(N4CC(C)O[C@H](C)C4)ccn23)c1. The van der Waals surface area contributed by atoms with Crippen LogP contribution in [0, 0.1) is 0 Å². The van der Waals surface area contributed by atoms with Crippen LogP contribution < -0.4 is 15.5 Å². The number of hydrogen-bond acceptors (Lipinski definition) is 4. The first-order chi connectivity index (χ1) is 14.0. The Balaban J connectivity index is 1.60. The predicted octanol–water partition coefficient (Wildman–Crippen LogP) is 3.76. The van der Waals surface area contributed by atoms with Crippen LogP contribution in [-0.2, 0) is 4.74 Å². The van der Waals surface area contributed by atoms with Crippen molar-refractivity contribution in [1.82, 2.24) is 14.7 Å². The summed E-state index contributed by atoms with van der Waals surface area (Å²) in [7, 11) is 0. The number of ether oxygens (including phenoxy) is 1. The highest BCUT2D eigenvalue weighted by molar-refractivity contribution is 5.90. The van der Waals surface area contributed by atoms with Crippen LogP contribution in [-0.4, -0.2) is 47.3 Å². The molecule has 0 saturated carbocycles. The summed E-state index contributed by atoms with van der Waals surface area (Å²) in [6.45, 7) is 8.44. The zero-order valence-electron chi connectivity index (χ0n) is 17.1. The highest BCUT2D eigenvalue weighted by Crippen LogP contribution is 2.27. The average Bonchev–Trinajstić information content (AvgIpc) is 3.11. The molecule has 29 heavy (non-hydrogen) atoms. The maximum absolute atomic E-state index is 11.8. The van der Waals surface area contributed by atoms with E-state index in [9.17, 15) is 4.79 Å². The van der Waals surface area contributed by atoms with E-state index in [1.54, 1.807) is 0 Å². The summed E-state index contributed by atoms with van der Waals surface area (Å²) < 4.78 is 7.92. The highest BCUT2D eigenvalue weighted by atomic mass is 16.5. The van der Waals surface area contributed by atoms with E-state index in [4.69, 9.17) is 4.74 Å². The van der Waals surface area contributed by atoms with Gasteiger partial charge in [-0.15, -0.1) is 0 Å². The number of carbonyl (C=O) groups is 1. The van der Waals surface area contributed by atoms with Crippen LogP contribution in [0.4, 0.5) is 16.2 Å². The molecule has 2 aromatic heterocycles. The zero-order valence-corrected chi connectivity index (χ0v) is 17.1. The molecule has 2 atom stereocenters. The van der Waals surface area contributed by atoms with Gasteiger partial charge in [0.1, 0.15) is 5.65 Å². The van der Waals surface area contributed by atoms with Crippen LogP contribution in [0.25, 0.3) is 16.9 Å². The molecule has 3 aromatic rings. The third kappa shape index (κ3) is 4.19. The molecule has 3 heterocycles. The number of imidazole rings is 1. The first-order valence-electron chi connectivity index (χ1n) is 10.1. The molecule has 1 saturated heterocycles. The number of anilines is 2. The summed E-state index contributed by atoms with van der Waals surface area (Å²) in [5, 5.41) is 5.60. The lowest BCUT2D eigenvalue weighted by molar-refractivity contribution is -0.00521. The van der Waals surface area contributed by atoms with Gasteiger partial charge in [0.2, 0.25) is 0 Å². The summed E-state index contributed by atoms with van der Waals surface area (Å²) in [5.74, 6) is 0. The van der Waals surface area contributed by atoms with Crippen molar-refractivity contribution in [2.75, 3.05) is 29.9 Å². The number of hydrogen-bond donors (Lipinski definition) is 2. The van der Waals surface area contributed by atoms with Gasteiger partial charge in [0.05, 0.1) is 24.1 Å². The average molecular weight is 393 g/mol. The third-order valence-electron chi connectivity index (χ3n) is 5.04. The van der Waals surface area contributed by atoms with Gasteiger partial charge in [-0.05, 0) is 39.0 Å². The number of rotatable bonds is 4. The van der Waals surface area contributed by atoms with Crippen LogP contribution in [0.1, 0.15) is 20.8 Å². The number of benzene rings is 1. The molecule has 7 heteroatoms. The molecule has 1 aliphatic rings. The lowest BCUT2D eigenvalue weighted by atomic mass is 10.1. The molecular formula is C22H27N5O2. The normalized spacial score (nSPS) is 19.3. The molecule has 0 bridgehead atoms. The Morgan fingerprint density at radius 2 is 2.00 bits per heavy atom. The Morgan fingerprint density at radius 1 is 1.21 bits per heavy atom. The Hall–Kier alpha value is -3.06. The van der Waals surface area contributed by atoms with Crippen molar-refractivity contribution in [2.24, 2.45) is 0 Å². The minimum Gasteiger partial charge on any atom is -0.372 e. The number of aromatic nitrogens is 2. The smallest absolute Gasteiger partial charge is 0.319 e. The summed E-state index contributed by atoms with van der Waals surface area (Å²) in [4.78, 5) is 18.8. The third-order valence-corrected chi connectivity index (χ3v) is 5.04. The largest absolute Gasteiger partial charge is 0.372 e. The van der Waals surface area contributed by atoms with Crippen LogP contribution >= 0.6 is 0 Å². The van der Waals surface area contributed by atoms with Crippen LogP contribution in [0.3, 0.4) is 0 Å². The van der Waals surface area contributed by atoms with Gasteiger partial charge in [-0.2, -0.15) is 0 Å². The second-order valence-corrected chi connectivity index (χ2v) is 7.48. The lowest BCUT2D eigenvalue weighted by Gasteiger charge is -2.36. The van der Waals surface area contributed by atoms with E-state index >= 15 is 0 Å². The van der Waals surface area contributed by atoms with Crippen molar-refractivity contribution < 1.29 is 9.53 Å². The molecule has 1 unspecified atom stereocenters. The Bertz CT molecular complexity index is 1010. The fraction of sp³-hybridized carbons (Fsp3) is 0.364. The maximum atomic E-state index is 11.8. The molecule has 1 aliphatic heterocycles. The highest BCUT2D eigenvalue weighted by Gasteiger charge is 2.22. The van der Waals surface area contributed by atoms with Gasteiger partial charge in [-0.3, -0.25) is 4.40 Å². The standard InChI is InChI=1S/C22H27N5O2/c1-4-23-22(28)25-18-7-5-6-17(10-18)20-12-24-21-11-19(8-9-27(20)21)26-13-15(2)29-16(3)14-26/h5-12,15-16H,4,13-14H2,1-3H3,(H2,23,25,28)/t15-,16?/m1/s1. The minimum absolute atomic E-state index is 0.207. The number of urea groups is 1. The molecule has 1 aromatic carbocycles. The van der Waals surface area contributed by atoms with E-state index in [-0.39, 0.29) is 18.2 Å². The molecule has 0 spiro atoms. The number of nitrogens with one attached hydrogen (secondary N) is 2. The Morgan fingerprint density at radius 3 is 2.76 bits per heavy atom. The summed E-state index contributed by atoms with van der Waals surface area (Å²) in [6.07, 6.45) is 4.35. The summed E-state index contributed by atoms with van der Waals surface area (Å²) in [6, 6.07) is 11.8. The molecule has 1 fully saturated rings. The fourth-order valence-corrected chi connectivity index (χ4v) is 3.86. The topological polar surface area (TPSA) is 70.9 Å². The molecule has 7 nitrogen and oxygen atoms in total. The molecule has 2 N–H and O–H groups in total. The predicted molar refractivity (Wildman–Crippen MR) is 116 cm³/mol. The van der Waals surface area contributed by atoms with E-state index in [0.717, 1.165) is 41.4 Å². The quantitative estimate of drug-likeness (QED) is 0.708. The first-order valence-corrected chi connectivity index (χ1v) is 10.1. The number of nitrogens with zero attached hydrogens (tertiary/aromatic N) is 3. The van der Waals surface area contributed by atoms with E-state index < -0.39 is 0 Å². The first kappa shape index (κ1) is 19.3. The second kappa shape index (κ2) is 8.13. The molecule has 0 radical (unpaired) electrons. The van der Waals surface area contributed by atoms with E-state index in [1.807, 2.05) is 37.4 Å². The number of carbonyl (C=O) groups excluding carboxylic acids is 1. The van der Waals surface area contributed by atoms with Crippen LogP contribution in [0.2, 0.25) is 0 Å². The van der Waals surface area contributed by atoms with Gasteiger partial charge in [-0.25, -0.2) is 9.78 Å². The molecular weight excluding hydrogens is 366 g/mol. The van der Waals surface area contributed by atoms with Crippen molar-refractivity contribution in [1.29, 1.82) is 0 Å². The Kier molecular flexibility index (Phi) is 5.40. The van der Waals surface area contributed by atoms with Gasteiger partial charge in [0.15, 0.2) is 0 Å². The van der Waals surface area contributed by atoms with Gasteiger partial charge in [0.25, 0.3) is 0 Å². The Labute approximate surface area is 170 Å². The van der Waals surface area contributed by atoms with Crippen molar-refractivity contribution in [3.05, 3.63) is 48.8 Å². The van der Waals surface area contributed by atoms with Gasteiger partial charge in [0, 0.05) is 48.8 Å². The maximum Gasteiger partial charge on any atom is 0.319 e. The van der Waals surface area contributed by atoms with Gasteiger partial charge < -0.3 is 20.3 Å². The number of pyridine rings is 1. The molecule has 0 aliphatic carbocycles. The fourth-order valence-electron chi connectivity index (χ4n) is 3.86. The van der Waals surface area contributed by atoms with Crippen molar-refractivity contribution in [2.45, 2.75) is 33.0 Å². The van der Waals surface area contributed by atoms with E-state index in [1.165, 1.54) is 0 Å². The monoisotopic (exact) mass is 393 g/mol. The zero-order chi connectivity index (χ0) is 20.4. The van der Waals surface area contributed by atoms with Crippen LogP contribution in [0.15, 0.2) is 48.8 Å². The molecule has 2 amide bonds. The number of amides is 2. The van der Waals surface area contributed by atoms with Gasteiger partial charge in [-0.1, -0.05) is 12.1 Å². The van der Waals surface area contributed by atoms with Crippen molar-refractivity contribution >= 4 is 23.1 Å². The van der Waals surface area contributed by atoms with Gasteiger partial charge >= 0.3 is 6.03 Å². The molecule has 152 valence electrons. The second-order valence-electron chi connectivity index (χ2n) is 7.48. The summed E-state index contributed by atoms with van der Waals surface area (Å²) >= 11 is 0. The van der Waals surface area contributed by atoms with E-state index in [0.29, 0.717) is 6.54 Å². The summed E-state index contributed by atoms with van der Waals surface area (Å²) in [5.41, 5.74) is 4.77. The molecule has 4 rings (SSSR count). The van der Waals surface area contributed by atoms with E-state index in [2.05, 4.69) is 57.1 Å². The minimum atomic E-state index is -0.207.